The molecular formula is C30H37F4N3S. The summed E-state index contributed by atoms with van der Waals surface area (Å²) in [5, 5.41) is 9.56. The smallest absolute Gasteiger partial charge is 0.255 e. The molecule has 1 N–H and O–H groups in total. The van der Waals surface area contributed by atoms with Crippen LogP contribution in [0, 0.1) is 55.7 Å². The summed E-state index contributed by atoms with van der Waals surface area (Å²) in [5.41, 5.74) is 3.11. The van der Waals surface area contributed by atoms with Crippen LogP contribution in [0.3, 0.4) is 0 Å². The molecule has 1 fully saturated rings. The van der Waals surface area contributed by atoms with Crippen LogP contribution in [-0.2, 0) is 0 Å². The molecule has 0 amide bonds. The van der Waals surface area contributed by atoms with Crippen LogP contribution in [0.25, 0.3) is 11.1 Å². The van der Waals surface area contributed by atoms with E-state index in [9.17, 15) is 22.8 Å². The Labute approximate surface area is 229 Å². The Morgan fingerprint density at radius 1 is 1.18 bits per heavy atom. The van der Waals surface area contributed by atoms with Crippen LogP contribution in [0.5, 0.6) is 0 Å². The maximum absolute atomic E-state index is 13.9. The summed E-state index contributed by atoms with van der Waals surface area (Å²) in [7, 11) is 0. The van der Waals surface area contributed by atoms with Crippen LogP contribution in [0.1, 0.15) is 75.3 Å². The first-order valence-corrected chi connectivity index (χ1v) is 13.4. The number of hydrogen-bond acceptors (Lipinski definition) is 4. The molecule has 8 heteroatoms. The van der Waals surface area contributed by atoms with E-state index in [0.717, 1.165) is 29.3 Å². The van der Waals surface area contributed by atoms with Gasteiger partial charge in [0.25, 0.3) is 0 Å². The highest BCUT2D eigenvalue weighted by Gasteiger charge is 2.26. The Morgan fingerprint density at radius 3 is 2.32 bits per heavy atom. The molecule has 1 atom stereocenters. The SMILES string of the molecule is C#C.C/C(=C(/C#N)c1cc(F)c(C)cc1C)c1ccc(SNCC(F)(F)F)cn1.CCC(C)C1CCCC1. The Kier molecular flexibility index (Phi) is 14.2. The predicted molar refractivity (Wildman–Crippen MR) is 149 cm³/mol. The van der Waals surface area contributed by atoms with E-state index >= 15 is 0 Å². The summed E-state index contributed by atoms with van der Waals surface area (Å²) in [6, 6.07) is 8.33. The number of nitriles is 1. The molecule has 0 aliphatic heterocycles. The first-order valence-electron chi connectivity index (χ1n) is 12.6. The molecule has 1 aliphatic rings. The first kappa shape index (κ1) is 33.2. The molecule has 1 heterocycles. The zero-order valence-corrected chi connectivity index (χ0v) is 23.6. The average Bonchev–Trinajstić information content (AvgIpc) is 3.43. The minimum absolute atomic E-state index is 0.300. The molecule has 0 saturated heterocycles. The van der Waals surface area contributed by atoms with E-state index in [0.29, 0.717) is 32.9 Å². The Morgan fingerprint density at radius 2 is 1.82 bits per heavy atom. The van der Waals surface area contributed by atoms with Gasteiger partial charge in [0, 0.05) is 11.1 Å². The fourth-order valence-electron chi connectivity index (χ4n) is 4.29. The molecule has 0 radical (unpaired) electrons. The van der Waals surface area contributed by atoms with Gasteiger partial charge in [-0.3, -0.25) is 9.71 Å². The minimum Gasteiger partial charge on any atom is -0.255 e. The summed E-state index contributed by atoms with van der Waals surface area (Å²) in [6.45, 7) is 8.74. The van der Waals surface area contributed by atoms with Crippen molar-refractivity contribution in [2.45, 2.75) is 77.8 Å². The van der Waals surface area contributed by atoms with Crippen molar-refractivity contribution in [1.29, 1.82) is 5.26 Å². The molecule has 1 aromatic heterocycles. The maximum atomic E-state index is 13.9. The second kappa shape index (κ2) is 16.2. The van der Waals surface area contributed by atoms with Crippen molar-refractivity contribution in [3.05, 3.63) is 58.7 Å². The van der Waals surface area contributed by atoms with Crippen molar-refractivity contribution in [1.82, 2.24) is 9.71 Å². The normalized spacial score (nSPS) is 14.8. The second-order valence-corrected chi connectivity index (χ2v) is 10.3. The first-order chi connectivity index (χ1) is 18.0. The topological polar surface area (TPSA) is 48.7 Å². The lowest BCUT2D eigenvalue weighted by molar-refractivity contribution is -0.120. The van der Waals surface area contributed by atoms with Gasteiger partial charge in [0.2, 0.25) is 0 Å². The van der Waals surface area contributed by atoms with Crippen LogP contribution in [0.4, 0.5) is 17.6 Å². The molecule has 38 heavy (non-hydrogen) atoms. The summed E-state index contributed by atoms with van der Waals surface area (Å²) in [4.78, 5) is 4.72. The van der Waals surface area contributed by atoms with E-state index in [4.69, 9.17) is 0 Å². The molecule has 3 nitrogen and oxygen atoms in total. The van der Waals surface area contributed by atoms with E-state index < -0.39 is 18.5 Å². The predicted octanol–water partition coefficient (Wildman–Crippen LogP) is 8.92. The number of halogens is 4. The molecule has 1 unspecified atom stereocenters. The molecule has 0 spiro atoms. The number of nitrogens with one attached hydrogen (secondary N) is 1. The zero-order chi connectivity index (χ0) is 28.9. The number of benzene rings is 1. The molecule has 1 aromatic carbocycles. The average molecular weight is 548 g/mol. The van der Waals surface area contributed by atoms with Gasteiger partial charge in [-0.25, -0.2) is 4.39 Å². The molecule has 206 valence electrons. The van der Waals surface area contributed by atoms with Gasteiger partial charge in [0.15, 0.2) is 0 Å². The van der Waals surface area contributed by atoms with E-state index in [2.05, 4.69) is 42.5 Å². The van der Waals surface area contributed by atoms with E-state index in [1.54, 1.807) is 39.0 Å². The lowest BCUT2D eigenvalue weighted by Crippen LogP contribution is -2.23. The zero-order valence-electron chi connectivity index (χ0n) is 22.8. The fourth-order valence-corrected chi connectivity index (χ4v) is 4.94. The summed E-state index contributed by atoms with van der Waals surface area (Å²) < 4.78 is 52.6. The minimum atomic E-state index is -4.29. The number of terminal acetylenes is 1. The lowest BCUT2D eigenvalue weighted by Gasteiger charge is -2.15. The number of allylic oxidation sites excluding steroid dienone is 2. The van der Waals surface area contributed by atoms with Gasteiger partial charge in [-0.2, -0.15) is 18.4 Å². The Hall–Kier alpha value is -2.81. The highest BCUT2D eigenvalue weighted by Crippen LogP contribution is 2.32. The van der Waals surface area contributed by atoms with Crippen molar-refractivity contribution in [2.75, 3.05) is 6.54 Å². The van der Waals surface area contributed by atoms with E-state index in [1.807, 2.05) is 0 Å². The number of nitrogens with zero attached hydrogens (tertiary/aromatic N) is 2. The van der Waals surface area contributed by atoms with Crippen molar-refractivity contribution in [3.8, 4) is 18.9 Å². The third-order valence-electron chi connectivity index (χ3n) is 6.69. The molecule has 3 rings (SSSR count). The second-order valence-electron chi connectivity index (χ2n) is 9.38. The third-order valence-corrected chi connectivity index (χ3v) is 7.46. The van der Waals surface area contributed by atoms with Crippen LogP contribution >= 0.6 is 11.9 Å². The molecule has 1 aliphatic carbocycles. The highest BCUT2D eigenvalue weighted by atomic mass is 32.2. The molecule has 0 bridgehead atoms. The van der Waals surface area contributed by atoms with Crippen LogP contribution in [0.2, 0.25) is 0 Å². The number of rotatable bonds is 7. The quantitative estimate of drug-likeness (QED) is 0.163. The van der Waals surface area contributed by atoms with E-state index in [1.165, 1.54) is 44.4 Å². The van der Waals surface area contributed by atoms with Gasteiger partial charge in [-0.1, -0.05) is 52.0 Å². The molecular weight excluding hydrogens is 510 g/mol. The summed E-state index contributed by atoms with van der Waals surface area (Å²) in [5.74, 6) is 1.68. The standard InChI is InChI=1S/C19H17F4N3S.C9H18.C2H2/c1-11-6-12(2)17(20)7-15(11)16(8-24)13(3)18-5-4-14(9-25-18)27-26-10-19(21,22)23;1-3-8(2)9-6-4-5-7-9;1-2/h4-7,9,26H,10H2,1-3H3;8-9H,3-7H2,1-2H3;1-2H/b16-13+;;. The van der Waals surface area contributed by atoms with Gasteiger partial charge in [0.05, 0.1) is 11.3 Å². The van der Waals surface area contributed by atoms with Gasteiger partial charge >= 0.3 is 6.18 Å². The van der Waals surface area contributed by atoms with Gasteiger partial charge in [-0.05, 0) is 85.0 Å². The van der Waals surface area contributed by atoms with Gasteiger partial charge < -0.3 is 0 Å². The van der Waals surface area contributed by atoms with Crippen LogP contribution in [0.15, 0.2) is 35.4 Å². The van der Waals surface area contributed by atoms with Gasteiger partial charge in [-0.15, -0.1) is 12.8 Å². The largest absolute Gasteiger partial charge is 0.402 e. The Balaban J connectivity index is 0.000000548. The third kappa shape index (κ3) is 10.5. The highest BCUT2D eigenvalue weighted by molar-refractivity contribution is 7.97. The summed E-state index contributed by atoms with van der Waals surface area (Å²) in [6.07, 6.45) is 12.5. The number of hydrogen-bond donors (Lipinski definition) is 1. The number of pyridine rings is 1. The van der Waals surface area contributed by atoms with Gasteiger partial charge in [0.1, 0.15) is 18.4 Å². The number of alkyl halides is 3. The van der Waals surface area contributed by atoms with Crippen LogP contribution in [-0.4, -0.2) is 17.7 Å². The van der Waals surface area contributed by atoms with Crippen molar-refractivity contribution < 1.29 is 17.6 Å². The monoisotopic (exact) mass is 547 g/mol. The maximum Gasteiger partial charge on any atom is 0.402 e. The Bertz CT molecular complexity index is 1110. The lowest BCUT2D eigenvalue weighted by atomic mass is 9.91. The molecule has 1 saturated carbocycles. The fraction of sp³-hybridized carbons (Fsp3) is 0.467. The number of aryl methyl sites for hydroxylation is 2. The molecule has 2 aromatic rings. The number of aromatic nitrogens is 1. The van der Waals surface area contributed by atoms with Crippen molar-refractivity contribution >= 4 is 23.1 Å². The van der Waals surface area contributed by atoms with Crippen LogP contribution < -0.4 is 4.72 Å². The van der Waals surface area contributed by atoms with Crippen molar-refractivity contribution in [3.63, 3.8) is 0 Å². The van der Waals surface area contributed by atoms with Crippen molar-refractivity contribution in [2.24, 2.45) is 11.8 Å². The summed E-state index contributed by atoms with van der Waals surface area (Å²) >= 11 is 0.821. The van der Waals surface area contributed by atoms with E-state index in [-0.39, 0.29) is 0 Å².